The van der Waals surface area contributed by atoms with Crippen LogP contribution in [0, 0.1) is 5.92 Å². The molecule has 0 spiro atoms. The number of aliphatic carboxylic acids is 1. The van der Waals surface area contributed by atoms with E-state index in [2.05, 4.69) is 15.4 Å². The van der Waals surface area contributed by atoms with Crippen molar-refractivity contribution in [2.24, 2.45) is 5.92 Å². The zero-order valence-electron chi connectivity index (χ0n) is 15.1. The summed E-state index contributed by atoms with van der Waals surface area (Å²) in [6.45, 7) is 1.32. The zero-order chi connectivity index (χ0) is 20.2. The second-order valence-corrected chi connectivity index (χ2v) is 8.42. The molecule has 0 aliphatic heterocycles. The molecule has 4 N–H and O–H groups in total. The van der Waals surface area contributed by atoms with E-state index in [1.807, 2.05) is 0 Å². The van der Waals surface area contributed by atoms with Gasteiger partial charge in [0.25, 0.3) is 5.91 Å². The number of hydrogen-bond donors (Lipinski definition) is 4. The Labute approximate surface area is 157 Å². The average Bonchev–Trinajstić information content (AvgIpc) is 2.55. The highest BCUT2D eigenvalue weighted by Crippen LogP contribution is 2.26. The molecule has 2 rings (SSSR count). The lowest BCUT2D eigenvalue weighted by Crippen LogP contribution is -2.39. The summed E-state index contributed by atoms with van der Waals surface area (Å²) in [5.74, 6) is -2.05. The maximum Gasteiger partial charge on any atom is 0.306 e. The average molecular weight is 397 g/mol. The number of amides is 2. The smallest absolute Gasteiger partial charge is 0.306 e. The van der Waals surface area contributed by atoms with Crippen LogP contribution in [0.2, 0.25) is 0 Å². The van der Waals surface area contributed by atoms with Crippen LogP contribution >= 0.6 is 0 Å². The SMILES string of the molecule is CC(=O)Nc1ccc(NS(C)(=O)=O)c(C(=O)NC2CCC(C(=O)O)CC2)c1. The predicted octanol–water partition coefficient (Wildman–Crippen LogP) is 1.39. The van der Waals surface area contributed by atoms with Gasteiger partial charge in [0.05, 0.1) is 23.4 Å². The first-order valence-corrected chi connectivity index (χ1v) is 10.4. The third-order valence-electron chi connectivity index (χ3n) is 4.29. The van der Waals surface area contributed by atoms with Crippen LogP contribution in [0.15, 0.2) is 18.2 Å². The van der Waals surface area contributed by atoms with E-state index in [4.69, 9.17) is 5.11 Å². The Morgan fingerprint density at radius 1 is 1.11 bits per heavy atom. The lowest BCUT2D eigenvalue weighted by atomic mass is 9.86. The van der Waals surface area contributed by atoms with E-state index in [1.165, 1.54) is 25.1 Å². The van der Waals surface area contributed by atoms with Crippen molar-refractivity contribution in [1.82, 2.24) is 5.32 Å². The van der Waals surface area contributed by atoms with Crippen molar-refractivity contribution in [2.45, 2.75) is 38.6 Å². The molecule has 1 aromatic carbocycles. The minimum Gasteiger partial charge on any atom is -0.481 e. The number of carboxylic acids is 1. The van der Waals surface area contributed by atoms with Gasteiger partial charge in [0.2, 0.25) is 15.9 Å². The fourth-order valence-corrected chi connectivity index (χ4v) is 3.63. The maximum absolute atomic E-state index is 12.7. The van der Waals surface area contributed by atoms with Crippen LogP contribution in [-0.4, -0.2) is 43.6 Å². The Hall–Kier alpha value is -2.62. The van der Waals surface area contributed by atoms with E-state index in [0.717, 1.165) is 6.26 Å². The number of anilines is 2. The first-order valence-electron chi connectivity index (χ1n) is 8.48. The molecule has 1 aliphatic carbocycles. The highest BCUT2D eigenvalue weighted by Gasteiger charge is 2.27. The number of sulfonamides is 1. The lowest BCUT2D eigenvalue weighted by molar-refractivity contribution is -0.142. The third kappa shape index (κ3) is 6.24. The van der Waals surface area contributed by atoms with Gasteiger partial charge in [-0.2, -0.15) is 0 Å². The van der Waals surface area contributed by atoms with Crippen LogP contribution in [-0.2, 0) is 19.6 Å². The van der Waals surface area contributed by atoms with Crippen molar-refractivity contribution in [2.75, 3.05) is 16.3 Å². The monoisotopic (exact) mass is 397 g/mol. The lowest BCUT2D eigenvalue weighted by Gasteiger charge is -2.27. The molecular formula is C17H23N3O6S. The van der Waals surface area contributed by atoms with Crippen LogP contribution in [0.3, 0.4) is 0 Å². The van der Waals surface area contributed by atoms with Crippen molar-refractivity contribution in [3.63, 3.8) is 0 Å². The molecule has 10 heteroatoms. The highest BCUT2D eigenvalue weighted by atomic mass is 32.2. The Kier molecular flexibility index (Phi) is 6.42. The van der Waals surface area contributed by atoms with Crippen LogP contribution in [0.4, 0.5) is 11.4 Å². The summed E-state index contributed by atoms with van der Waals surface area (Å²) in [4.78, 5) is 35.0. The van der Waals surface area contributed by atoms with E-state index < -0.39 is 27.8 Å². The molecule has 9 nitrogen and oxygen atoms in total. The molecule has 1 aromatic rings. The van der Waals surface area contributed by atoms with Crippen molar-refractivity contribution in [3.8, 4) is 0 Å². The second kappa shape index (κ2) is 8.38. The van der Waals surface area contributed by atoms with E-state index in [0.29, 0.717) is 31.4 Å². The number of carbonyl (C=O) groups is 3. The van der Waals surface area contributed by atoms with Gasteiger partial charge in [-0.25, -0.2) is 8.42 Å². The van der Waals surface area contributed by atoms with Gasteiger partial charge in [0.15, 0.2) is 0 Å². The minimum atomic E-state index is -3.60. The largest absolute Gasteiger partial charge is 0.481 e. The van der Waals surface area contributed by atoms with Gasteiger partial charge in [-0.3, -0.25) is 19.1 Å². The summed E-state index contributed by atoms with van der Waals surface area (Å²) < 4.78 is 25.4. The van der Waals surface area contributed by atoms with Gasteiger partial charge in [-0.05, 0) is 43.9 Å². The molecule has 1 aliphatic rings. The van der Waals surface area contributed by atoms with Gasteiger partial charge in [-0.15, -0.1) is 0 Å². The Morgan fingerprint density at radius 2 is 1.74 bits per heavy atom. The molecule has 148 valence electrons. The van der Waals surface area contributed by atoms with Gasteiger partial charge >= 0.3 is 5.97 Å². The quantitative estimate of drug-likeness (QED) is 0.571. The third-order valence-corrected chi connectivity index (χ3v) is 4.88. The Bertz CT molecular complexity index is 844. The summed E-state index contributed by atoms with van der Waals surface area (Å²) in [6, 6.07) is 4.10. The zero-order valence-corrected chi connectivity index (χ0v) is 15.9. The molecule has 1 fully saturated rings. The number of carboxylic acid groups (broad SMARTS) is 1. The van der Waals surface area contributed by atoms with E-state index in [1.54, 1.807) is 0 Å². The fourth-order valence-electron chi connectivity index (χ4n) is 3.05. The first-order chi connectivity index (χ1) is 12.5. The molecule has 2 amide bonds. The van der Waals surface area contributed by atoms with Gasteiger partial charge in [0, 0.05) is 18.7 Å². The summed E-state index contributed by atoms with van der Waals surface area (Å²) in [7, 11) is -3.60. The molecule has 0 saturated heterocycles. The van der Waals surface area contributed by atoms with Crippen molar-refractivity contribution < 1.29 is 27.9 Å². The molecule has 0 unspecified atom stereocenters. The highest BCUT2D eigenvalue weighted by molar-refractivity contribution is 7.92. The van der Waals surface area contributed by atoms with Crippen LogP contribution in [0.1, 0.15) is 43.0 Å². The number of benzene rings is 1. The molecule has 1 saturated carbocycles. The summed E-state index contributed by atoms with van der Waals surface area (Å²) in [6.07, 6.45) is 2.98. The summed E-state index contributed by atoms with van der Waals surface area (Å²) in [5.41, 5.74) is 0.539. The van der Waals surface area contributed by atoms with Crippen LogP contribution in [0.5, 0.6) is 0 Å². The van der Waals surface area contributed by atoms with E-state index >= 15 is 0 Å². The Balaban J connectivity index is 2.19. The number of rotatable bonds is 6. The fraction of sp³-hybridized carbons (Fsp3) is 0.471. The molecular weight excluding hydrogens is 374 g/mol. The molecule has 0 atom stereocenters. The molecule has 27 heavy (non-hydrogen) atoms. The number of nitrogens with one attached hydrogen (secondary N) is 3. The molecule has 0 radical (unpaired) electrons. The van der Waals surface area contributed by atoms with Crippen molar-refractivity contribution in [1.29, 1.82) is 0 Å². The second-order valence-electron chi connectivity index (χ2n) is 6.68. The molecule has 0 bridgehead atoms. The molecule has 0 aromatic heterocycles. The van der Waals surface area contributed by atoms with E-state index in [-0.39, 0.29) is 23.2 Å². The topological polar surface area (TPSA) is 142 Å². The van der Waals surface area contributed by atoms with E-state index in [9.17, 15) is 22.8 Å². The summed E-state index contributed by atoms with van der Waals surface area (Å²) in [5, 5.41) is 14.4. The van der Waals surface area contributed by atoms with Gasteiger partial charge in [-0.1, -0.05) is 0 Å². The first kappa shape index (κ1) is 20.7. The maximum atomic E-state index is 12.7. The van der Waals surface area contributed by atoms with Crippen molar-refractivity contribution in [3.05, 3.63) is 23.8 Å². The number of carbonyl (C=O) groups excluding carboxylic acids is 2. The normalized spacial score (nSPS) is 19.8. The Morgan fingerprint density at radius 3 is 2.26 bits per heavy atom. The minimum absolute atomic E-state index is 0.0760. The predicted molar refractivity (Wildman–Crippen MR) is 100 cm³/mol. The number of hydrogen-bond acceptors (Lipinski definition) is 5. The van der Waals surface area contributed by atoms with Gasteiger partial charge < -0.3 is 15.7 Å². The molecule has 0 heterocycles. The van der Waals surface area contributed by atoms with Gasteiger partial charge in [0.1, 0.15) is 0 Å². The summed E-state index contributed by atoms with van der Waals surface area (Å²) >= 11 is 0. The van der Waals surface area contributed by atoms with Crippen LogP contribution < -0.4 is 15.4 Å². The van der Waals surface area contributed by atoms with Crippen LogP contribution in [0.25, 0.3) is 0 Å². The standard InChI is InChI=1S/C17H23N3O6S/c1-10(21)18-13-7-8-15(20-27(2,25)26)14(9-13)16(22)19-12-5-3-11(4-6-12)17(23)24/h7-9,11-12,20H,3-6H2,1-2H3,(H,18,21)(H,19,22)(H,23,24). The van der Waals surface area contributed by atoms with Crippen molar-refractivity contribution >= 4 is 39.2 Å².